The van der Waals surface area contributed by atoms with Crippen LogP contribution >= 0.6 is 0 Å². The van der Waals surface area contributed by atoms with Crippen LogP contribution in [-0.4, -0.2) is 29.5 Å². The summed E-state index contributed by atoms with van der Waals surface area (Å²) in [4.78, 5) is 6.39. The first kappa shape index (κ1) is 14.9. The Labute approximate surface area is 110 Å². The number of hydrogen-bond donors (Lipinski definition) is 2. The molecular formula is C14H26N4. The normalized spacial score (nSPS) is 13.9. The summed E-state index contributed by atoms with van der Waals surface area (Å²) in [7, 11) is 4.16. The van der Waals surface area contributed by atoms with Gasteiger partial charge >= 0.3 is 0 Å². The minimum Gasteiger partial charge on any atom is -0.383 e. The first-order valence-electron chi connectivity index (χ1n) is 6.54. The molecule has 0 radical (unpaired) electrons. The molecule has 0 saturated heterocycles. The summed E-state index contributed by atoms with van der Waals surface area (Å²) in [5.41, 5.74) is 14.6. The van der Waals surface area contributed by atoms with Gasteiger partial charge in [0.15, 0.2) is 0 Å². The van der Waals surface area contributed by atoms with Crippen LogP contribution in [0.1, 0.15) is 43.9 Å². The number of aryl methyl sites for hydroxylation is 1. The largest absolute Gasteiger partial charge is 0.383 e. The van der Waals surface area contributed by atoms with E-state index in [2.05, 4.69) is 37.8 Å². The molecule has 0 amide bonds. The van der Waals surface area contributed by atoms with Gasteiger partial charge in [-0.05, 0) is 45.5 Å². The first-order valence-corrected chi connectivity index (χ1v) is 6.54. The number of nitrogen functional groups attached to an aromatic ring is 1. The van der Waals surface area contributed by atoms with E-state index in [1.54, 1.807) is 6.20 Å². The molecule has 0 aliphatic rings. The topological polar surface area (TPSA) is 68.2 Å². The molecule has 4 heteroatoms. The van der Waals surface area contributed by atoms with Crippen molar-refractivity contribution in [3.8, 4) is 0 Å². The van der Waals surface area contributed by atoms with Crippen LogP contribution in [0.25, 0.3) is 0 Å². The molecule has 4 nitrogen and oxygen atoms in total. The minimum atomic E-state index is -0.129. The third-order valence-corrected chi connectivity index (χ3v) is 4.24. The summed E-state index contributed by atoms with van der Waals surface area (Å²) in [6.07, 6.45) is 3.69. The Kier molecular flexibility index (Phi) is 4.71. The van der Waals surface area contributed by atoms with Crippen LogP contribution in [0.15, 0.2) is 12.3 Å². The smallest absolute Gasteiger partial charge is 0.128 e. The second-order valence-corrected chi connectivity index (χ2v) is 5.11. The lowest BCUT2D eigenvalue weighted by molar-refractivity contribution is 0.106. The van der Waals surface area contributed by atoms with Gasteiger partial charge in [-0.3, -0.25) is 0 Å². The third kappa shape index (κ3) is 2.35. The van der Waals surface area contributed by atoms with E-state index in [1.165, 1.54) is 0 Å². The molecule has 0 aliphatic carbocycles. The summed E-state index contributed by atoms with van der Waals surface area (Å²) in [5, 5.41) is 0. The van der Waals surface area contributed by atoms with Crippen molar-refractivity contribution in [3.05, 3.63) is 23.4 Å². The van der Waals surface area contributed by atoms with Crippen molar-refractivity contribution in [3.63, 3.8) is 0 Å². The van der Waals surface area contributed by atoms with Gasteiger partial charge in [-0.2, -0.15) is 0 Å². The van der Waals surface area contributed by atoms with Gasteiger partial charge in [0.25, 0.3) is 0 Å². The second-order valence-electron chi connectivity index (χ2n) is 5.11. The highest BCUT2D eigenvalue weighted by atomic mass is 15.2. The van der Waals surface area contributed by atoms with Crippen LogP contribution in [0.2, 0.25) is 0 Å². The fraction of sp³-hybridized carbons (Fsp3) is 0.643. The molecule has 1 unspecified atom stereocenters. The van der Waals surface area contributed by atoms with E-state index in [9.17, 15) is 0 Å². The van der Waals surface area contributed by atoms with E-state index in [-0.39, 0.29) is 11.6 Å². The van der Waals surface area contributed by atoms with Gasteiger partial charge in [-0.15, -0.1) is 0 Å². The molecule has 0 spiro atoms. The zero-order chi connectivity index (χ0) is 13.9. The Bertz CT molecular complexity index is 377. The molecule has 102 valence electrons. The summed E-state index contributed by atoms with van der Waals surface area (Å²) >= 11 is 0. The molecule has 1 atom stereocenters. The second kappa shape index (κ2) is 5.67. The number of rotatable bonds is 5. The maximum atomic E-state index is 6.54. The first-order chi connectivity index (χ1) is 8.40. The predicted octanol–water partition coefficient (Wildman–Crippen LogP) is 2.09. The Morgan fingerprint density at radius 2 is 1.89 bits per heavy atom. The Morgan fingerprint density at radius 1 is 1.33 bits per heavy atom. The van der Waals surface area contributed by atoms with Crippen molar-refractivity contribution in [1.29, 1.82) is 0 Å². The molecule has 1 rings (SSSR count). The van der Waals surface area contributed by atoms with E-state index in [1.807, 2.05) is 13.0 Å². The van der Waals surface area contributed by atoms with Crippen LogP contribution in [-0.2, 0) is 0 Å². The Morgan fingerprint density at radius 3 is 2.28 bits per heavy atom. The van der Waals surface area contributed by atoms with Crippen LogP contribution in [0.3, 0.4) is 0 Å². The summed E-state index contributed by atoms with van der Waals surface area (Å²) in [5.74, 6) is 0.552. The van der Waals surface area contributed by atoms with Crippen LogP contribution in [0.5, 0.6) is 0 Å². The molecule has 0 aliphatic heterocycles. The van der Waals surface area contributed by atoms with Gasteiger partial charge < -0.3 is 16.4 Å². The Hall–Kier alpha value is -1.13. The lowest BCUT2D eigenvalue weighted by Gasteiger charge is -2.44. The summed E-state index contributed by atoms with van der Waals surface area (Å²) < 4.78 is 0. The fourth-order valence-corrected chi connectivity index (χ4v) is 2.86. The number of hydrogen-bond acceptors (Lipinski definition) is 4. The van der Waals surface area contributed by atoms with Gasteiger partial charge in [-0.1, -0.05) is 13.8 Å². The quantitative estimate of drug-likeness (QED) is 0.839. The molecule has 4 N–H and O–H groups in total. The third-order valence-electron chi connectivity index (χ3n) is 4.24. The van der Waals surface area contributed by atoms with E-state index >= 15 is 0 Å². The van der Waals surface area contributed by atoms with Gasteiger partial charge in [0.2, 0.25) is 0 Å². The number of pyridine rings is 1. The monoisotopic (exact) mass is 250 g/mol. The highest BCUT2D eigenvalue weighted by Crippen LogP contribution is 2.37. The highest BCUT2D eigenvalue weighted by molar-refractivity contribution is 5.47. The molecular weight excluding hydrogens is 224 g/mol. The minimum absolute atomic E-state index is 0.0814. The van der Waals surface area contributed by atoms with Gasteiger partial charge in [0, 0.05) is 17.3 Å². The van der Waals surface area contributed by atoms with E-state index < -0.39 is 0 Å². The van der Waals surface area contributed by atoms with E-state index in [0.717, 1.165) is 24.0 Å². The number of nitrogens with two attached hydrogens (primary N) is 2. The predicted molar refractivity (Wildman–Crippen MR) is 77.3 cm³/mol. The maximum absolute atomic E-state index is 6.54. The lowest BCUT2D eigenvalue weighted by atomic mass is 9.79. The molecule has 1 aromatic heterocycles. The average Bonchev–Trinajstić information content (AvgIpc) is 2.30. The molecule has 0 fully saturated rings. The van der Waals surface area contributed by atoms with Crippen molar-refractivity contribution in [2.24, 2.45) is 5.73 Å². The maximum Gasteiger partial charge on any atom is 0.128 e. The molecule has 0 aromatic carbocycles. The summed E-state index contributed by atoms with van der Waals surface area (Å²) in [6, 6.07) is 1.84. The van der Waals surface area contributed by atoms with E-state index in [0.29, 0.717) is 5.82 Å². The summed E-state index contributed by atoms with van der Waals surface area (Å²) in [6.45, 7) is 6.38. The standard InChI is InChI=1S/C14H26N4/c1-6-14(7-2,18(4)5)12(15)11-10(3)8-9-17-13(11)16/h8-9,12H,6-7,15H2,1-5H3,(H2,16,17). The Balaban J connectivity index is 3.30. The SMILES string of the molecule is CCC(CC)(C(N)c1c(C)ccnc1N)N(C)C. The van der Waals surface area contributed by atoms with Crippen LogP contribution in [0.4, 0.5) is 5.82 Å². The number of nitrogens with zero attached hydrogens (tertiary/aromatic N) is 2. The van der Waals surface area contributed by atoms with Crippen molar-refractivity contribution < 1.29 is 0 Å². The van der Waals surface area contributed by atoms with Crippen molar-refractivity contribution in [2.75, 3.05) is 19.8 Å². The van der Waals surface area contributed by atoms with Crippen molar-refractivity contribution in [1.82, 2.24) is 9.88 Å². The molecule has 1 aromatic rings. The number of anilines is 1. The van der Waals surface area contributed by atoms with E-state index in [4.69, 9.17) is 11.5 Å². The molecule has 0 saturated carbocycles. The fourth-order valence-electron chi connectivity index (χ4n) is 2.86. The average molecular weight is 250 g/mol. The number of aromatic nitrogens is 1. The number of likely N-dealkylation sites (N-methyl/N-ethyl adjacent to an activating group) is 1. The zero-order valence-electron chi connectivity index (χ0n) is 12.2. The van der Waals surface area contributed by atoms with Crippen molar-refractivity contribution in [2.45, 2.75) is 45.2 Å². The van der Waals surface area contributed by atoms with Gasteiger partial charge in [0.05, 0.1) is 6.04 Å². The molecule has 18 heavy (non-hydrogen) atoms. The zero-order valence-corrected chi connectivity index (χ0v) is 12.2. The molecule has 1 heterocycles. The van der Waals surface area contributed by atoms with Crippen LogP contribution in [0, 0.1) is 6.92 Å². The van der Waals surface area contributed by atoms with Gasteiger partial charge in [-0.25, -0.2) is 4.98 Å². The van der Waals surface area contributed by atoms with Crippen LogP contribution < -0.4 is 11.5 Å². The molecule has 0 bridgehead atoms. The van der Waals surface area contributed by atoms with Gasteiger partial charge in [0.1, 0.15) is 5.82 Å². The lowest BCUT2D eigenvalue weighted by Crippen LogP contribution is -2.51. The highest BCUT2D eigenvalue weighted by Gasteiger charge is 2.38. The van der Waals surface area contributed by atoms with Crippen molar-refractivity contribution >= 4 is 5.82 Å².